The number of halogens is 5. The fourth-order valence-electron chi connectivity index (χ4n) is 12.4. The van der Waals surface area contributed by atoms with E-state index in [1.54, 1.807) is 165 Å². The lowest BCUT2D eigenvalue weighted by Gasteiger charge is -2.27. The summed E-state index contributed by atoms with van der Waals surface area (Å²) in [6.07, 6.45) is 3.35. The number of aromatic nitrogens is 10. The number of likely N-dealkylation sites (tertiary alicyclic amines) is 3. The molecule has 38 nitrogen and oxygen atoms in total. The van der Waals surface area contributed by atoms with Crippen LogP contribution in [-0.2, 0) is 103 Å². The molecule has 8 atom stereocenters. The highest BCUT2D eigenvalue weighted by atomic mass is 79.9. The third-order valence-electron chi connectivity index (χ3n) is 18.0. The average molecular weight is 2200 g/mol. The second-order valence-electron chi connectivity index (χ2n) is 30.4. The molecule has 2 aromatic carbocycles. The number of amides is 6. The second kappa shape index (κ2) is 54.3. The normalized spacial score (nSPS) is 17.3. The summed E-state index contributed by atoms with van der Waals surface area (Å²) in [4.78, 5) is 157. The molecule has 0 unspecified atom stereocenters. The highest BCUT2D eigenvalue weighted by molar-refractivity contribution is 9.11. The minimum absolute atomic E-state index is 0. The van der Waals surface area contributed by atoms with Crippen molar-refractivity contribution in [2.45, 2.75) is 161 Å². The average Bonchev–Trinajstić information content (AvgIpc) is 1.63. The largest absolute Gasteiger partial charge is 0.480 e. The van der Waals surface area contributed by atoms with Crippen molar-refractivity contribution in [3.8, 4) is 22.3 Å². The number of ketones is 2. The zero-order chi connectivity index (χ0) is 95.9. The molecule has 11 heterocycles. The molecule has 704 valence electrons. The van der Waals surface area contributed by atoms with Crippen LogP contribution in [0, 0.1) is 19.3 Å². The lowest BCUT2D eigenvalue weighted by Crippen LogP contribution is -2.45. The number of nitrogens with one attached hydrogen (secondary N) is 6. The van der Waals surface area contributed by atoms with Crippen LogP contribution in [0.3, 0.4) is 0 Å². The van der Waals surface area contributed by atoms with Gasteiger partial charge in [0.1, 0.15) is 107 Å². The van der Waals surface area contributed by atoms with Crippen LogP contribution in [0.15, 0.2) is 152 Å². The fourth-order valence-corrected chi connectivity index (χ4v) is 13.8. The molecule has 4 aliphatic rings. The predicted molar refractivity (Wildman–Crippen MR) is 525 cm³/mol. The van der Waals surface area contributed by atoms with Gasteiger partial charge in [-0.05, 0) is 203 Å². The smallest absolute Gasteiger partial charge is 0.411 e. The number of rotatable bonds is 17. The molecule has 4 aliphatic heterocycles. The number of carbonyl (C=O) groups is 10. The minimum Gasteiger partial charge on any atom is -0.480 e. The first kappa shape index (κ1) is 113. The molecule has 9 aromatic rings. The summed E-state index contributed by atoms with van der Waals surface area (Å²) in [5.41, 5.74) is 8.52. The fraction of sp³-hybridized carbons (Fsp3) is 0.366. The lowest BCUT2D eigenvalue weighted by atomic mass is 10.00. The Morgan fingerprint density at radius 3 is 1.36 bits per heavy atom. The number of aliphatic hydroxyl groups is 4. The van der Waals surface area contributed by atoms with E-state index in [9.17, 15) is 68.4 Å². The SMILES string of the molecule is CC(=O)C(=N)c1ccc(-c2cnc(C)nc2)cc1NCC(=O)O.CC(=O)c1nn(CC(=O)N2C[C@H](O)C[C@H]2C(=O)Nc2cccc(Br)n2)c2ccc(-c3cnc(C)nc3)cc12.CC(C)(C)OC(=O)N1C[C@H](O)C[C@H]1C(=O)Nc1cccc(Br)n1.CC(C)(C)OC(=O)N1C[C@H](O)C[C@H]1C(=O)O.Cl.Nc1cccc(Br)n1.O=C(Nc1cccc(Br)n1)[C@@H]1C[C@@H](O)CN1.S.S=S.S=S=S. The van der Waals surface area contributed by atoms with E-state index in [0.29, 0.717) is 83.8 Å². The van der Waals surface area contributed by atoms with Crippen LogP contribution in [0.1, 0.15) is 109 Å². The number of carboxylic acid groups (broad SMARTS) is 2. The molecule has 4 saturated heterocycles. The third kappa shape index (κ3) is 37.2. The van der Waals surface area contributed by atoms with E-state index in [0.717, 1.165) is 40.6 Å². The van der Waals surface area contributed by atoms with Crippen molar-refractivity contribution in [3.05, 3.63) is 175 Å². The monoisotopic (exact) mass is 2190 g/mol. The van der Waals surface area contributed by atoms with E-state index >= 15 is 0 Å². The summed E-state index contributed by atoms with van der Waals surface area (Å²) in [6.45, 7) is 16.7. The molecule has 6 amide bonds. The Balaban J connectivity index is 0.000000341. The number of anilines is 5. The molecule has 4 fully saturated rings. The molecule has 14 N–H and O–H groups in total. The van der Waals surface area contributed by atoms with Gasteiger partial charge in [-0.2, -0.15) is 18.6 Å². The molecule has 0 bridgehead atoms. The number of nitrogens with zero attached hydrogens (tertiary/aromatic N) is 13. The zero-order valence-corrected chi connectivity index (χ0v) is 84.1. The van der Waals surface area contributed by atoms with Gasteiger partial charge in [-0.1, -0.05) is 42.5 Å². The van der Waals surface area contributed by atoms with Gasteiger partial charge in [0.2, 0.25) is 23.6 Å². The first-order valence-corrected chi connectivity index (χ1v) is 46.0. The maximum Gasteiger partial charge on any atom is 0.411 e. The van der Waals surface area contributed by atoms with Crippen LogP contribution in [0.4, 0.5) is 38.5 Å². The molecule has 0 aliphatic carbocycles. The number of Topliss-reactive ketones (excluding diaryl/α,β-unsaturated/α-hetero) is 2. The molecule has 7 aromatic heterocycles. The number of hydrogen-bond acceptors (Lipinski definition) is 33. The molecule has 13 rings (SSSR count). The number of benzene rings is 2. The van der Waals surface area contributed by atoms with Gasteiger partial charge in [0, 0.05) is 152 Å². The molecular formula is C82H97Br4ClN20O18S6. The Morgan fingerprint density at radius 2 is 0.969 bits per heavy atom. The van der Waals surface area contributed by atoms with Gasteiger partial charge in [0.05, 0.1) is 49.1 Å². The lowest BCUT2D eigenvalue weighted by molar-refractivity contribution is -0.142. The predicted octanol–water partition coefficient (Wildman–Crippen LogP) is 9.72. The first-order valence-electron chi connectivity index (χ1n) is 38.8. The number of hydrogen-bond donors (Lipinski definition) is 13. The van der Waals surface area contributed by atoms with Crippen molar-refractivity contribution >= 4 is 248 Å². The number of carbonyl (C=O) groups excluding carboxylic acids is 8. The maximum absolute atomic E-state index is 13.4. The Labute approximate surface area is 822 Å². The Bertz CT molecular complexity index is 5510. The minimum atomic E-state index is -1.12. The summed E-state index contributed by atoms with van der Waals surface area (Å²) < 4.78 is 14.4. The van der Waals surface area contributed by atoms with Crippen molar-refractivity contribution in [1.82, 2.24) is 69.7 Å². The van der Waals surface area contributed by atoms with Crippen LogP contribution in [-0.4, -0.2) is 253 Å². The summed E-state index contributed by atoms with van der Waals surface area (Å²) in [6, 6.07) is 28.4. The van der Waals surface area contributed by atoms with Gasteiger partial charge in [-0.3, -0.25) is 53.5 Å². The van der Waals surface area contributed by atoms with Crippen LogP contribution >= 0.6 is 89.6 Å². The van der Waals surface area contributed by atoms with Gasteiger partial charge in [0.15, 0.2) is 11.6 Å². The summed E-state index contributed by atoms with van der Waals surface area (Å²) in [5, 5.41) is 83.1. The van der Waals surface area contributed by atoms with E-state index in [1.165, 1.54) is 28.3 Å². The number of nitrogens with two attached hydrogens (primary N) is 1. The number of β-amino-alcohol motifs (C(OH)–C–C–N with tert-alkyl or cyclic N) is 4. The van der Waals surface area contributed by atoms with Gasteiger partial charge in [-0.15, -0.1) is 12.4 Å². The van der Waals surface area contributed by atoms with E-state index in [2.05, 4.69) is 180 Å². The number of pyridine rings is 4. The third-order valence-corrected chi connectivity index (χ3v) is 19.8. The Hall–Kier alpha value is -9.90. The highest BCUT2D eigenvalue weighted by Crippen LogP contribution is 2.31. The molecular weight excluding hydrogens is 2100 g/mol. The molecule has 0 radical (unpaired) electrons. The quantitative estimate of drug-likeness (QED) is 0.0229. The number of nitrogen functional groups attached to an aromatic ring is 1. The summed E-state index contributed by atoms with van der Waals surface area (Å²) in [5.74, 6) is -1.17. The van der Waals surface area contributed by atoms with E-state index in [-0.39, 0.29) is 107 Å². The summed E-state index contributed by atoms with van der Waals surface area (Å²) in [7, 11) is 0.917. The number of aryl methyl sites for hydroxylation is 2. The van der Waals surface area contributed by atoms with Crippen LogP contribution in [0.25, 0.3) is 33.2 Å². The Morgan fingerprint density at radius 1 is 0.565 bits per heavy atom. The van der Waals surface area contributed by atoms with Gasteiger partial charge >= 0.3 is 24.1 Å². The number of fused-ring (bicyclic) bond motifs is 1. The van der Waals surface area contributed by atoms with Crippen LogP contribution in [0.2, 0.25) is 0 Å². The topological polar surface area (TPSA) is 551 Å². The molecule has 0 saturated carbocycles. The van der Waals surface area contributed by atoms with Crippen molar-refractivity contribution in [2.75, 3.05) is 59.7 Å². The van der Waals surface area contributed by atoms with E-state index in [1.807, 2.05) is 24.3 Å². The van der Waals surface area contributed by atoms with Crippen molar-refractivity contribution in [1.29, 1.82) is 5.41 Å². The molecule has 0 spiro atoms. The van der Waals surface area contributed by atoms with Crippen LogP contribution in [0.5, 0.6) is 0 Å². The summed E-state index contributed by atoms with van der Waals surface area (Å²) >= 11 is 28.5. The Kier molecular flexibility index (Phi) is 47.0. The van der Waals surface area contributed by atoms with Crippen molar-refractivity contribution in [3.63, 3.8) is 0 Å². The highest BCUT2D eigenvalue weighted by Gasteiger charge is 2.44. The number of carboxylic acids is 2. The van der Waals surface area contributed by atoms with Crippen molar-refractivity contribution < 1.29 is 88.1 Å². The van der Waals surface area contributed by atoms with E-state index in [4.69, 9.17) is 30.8 Å². The van der Waals surface area contributed by atoms with E-state index < -0.39 is 101 Å². The number of aliphatic carboxylic acids is 2. The van der Waals surface area contributed by atoms with Gasteiger partial charge in [0.25, 0.3) is 0 Å². The molecule has 131 heavy (non-hydrogen) atoms. The first-order chi connectivity index (χ1) is 60.8. The van der Waals surface area contributed by atoms with Gasteiger partial charge < -0.3 is 77.3 Å². The number of aliphatic hydroxyl groups excluding tert-OH is 4. The molecule has 49 heteroatoms. The zero-order valence-electron chi connectivity index (χ0n) is 71.8. The number of ether oxygens (including phenoxy) is 2. The second-order valence-corrected chi connectivity index (χ2v) is 35.5. The van der Waals surface area contributed by atoms with Crippen molar-refractivity contribution in [2.24, 2.45) is 0 Å². The van der Waals surface area contributed by atoms with Crippen LogP contribution < -0.4 is 32.3 Å². The van der Waals surface area contributed by atoms with Gasteiger partial charge in [-0.25, -0.2) is 54.3 Å². The standard InChI is InChI=1S/C26H24BrN7O4.C16H16N4O3.C15H20BrN3O4.C10H12BrN3O2.C10H17NO5.C5H5BrN2.ClH.S3.S2.H2S/c1-14(35)25-19-8-16(17-10-28-15(2)29-11-17)6-7-20(19)34(32-25)13-24(37)33-12-18(36)9-21(33)26(38)31-23-5-3-4-22(27)30-23;1-9(21)16(17)13-4-3-11(5-14(13)20-8-15(22)23)12-6-18-10(2)19-7-12;1-15(2,3)23-14(22)19-8-9(20)7-10(19)13(21)18-12-6-4-5-11(16)17-12;11-8-2-1-3-9(13-8)14-10(16)7-4-6(15)5-12-7;1-10(2,3)16-9(15)11-5-6(12)4-7(11)8(13)14;6-4-2-1-3-5(7)8-4;;1-3-2;1-2;/h3-8,10-11,18,21,36H,9,12-13H2,1-2H3,(H,30,31,38);3-7,17,20H,8H2,1-2H3,(H,22,23);4-6,9-10,20H,7-8H2,1-3H3,(H,17,18,21);1-3,6-7,12,15H,4-5H2,(H,13,14,16);6-7,12H,4-5H2,1-3H3,(H,13,14);1-3H,(H2,7,8);1H;;;1H2/t18-,21+;;9-,10+;2*6-,7+;;;;;/m1.111...../s1. The maximum atomic E-state index is 13.4.